The summed E-state index contributed by atoms with van der Waals surface area (Å²) < 4.78 is 1.55. The summed E-state index contributed by atoms with van der Waals surface area (Å²) in [5.41, 5.74) is 5.19. The van der Waals surface area contributed by atoms with Crippen molar-refractivity contribution in [2.45, 2.75) is 6.54 Å². The monoisotopic (exact) mass is 236 g/mol. The summed E-state index contributed by atoms with van der Waals surface area (Å²) >= 11 is 0. The number of nitrogens with zero attached hydrogens (tertiary/aromatic N) is 3. The van der Waals surface area contributed by atoms with Crippen LogP contribution in [-0.4, -0.2) is 30.1 Å². The number of amides is 1. The van der Waals surface area contributed by atoms with Crippen molar-refractivity contribution in [1.82, 2.24) is 4.57 Å². The van der Waals surface area contributed by atoms with Gasteiger partial charge in [-0.1, -0.05) is 0 Å². The molecule has 90 valence electrons. The number of pyridine rings is 1. The molecule has 0 saturated heterocycles. The Balaban J connectivity index is 2.48. The molecule has 1 aromatic rings. The zero-order chi connectivity index (χ0) is 12.4. The molecule has 0 aliphatic carbocycles. The molecule has 0 bridgehead atoms. The van der Waals surface area contributed by atoms with Crippen LogP contribution in [0.15, 0.2) is 22.1 Å². The van der Waals surface area contributed by atoms with Crippen molar-refractivity contribution < 1.29 is 4.79 Å². The second-order valence-electron chi connectivity index (χ2n) is 3.76. The SMILES string of the molecule is NCCN1CCn2c1cc(C(=O)N=O)cc2=O. The highest BCUT2D eigenvalue weighted by molar-refractivity contribution is 5.95. The number of aromatic nitrogens is 1. The zero-order valence-corrected chi connectivity index (χ0v) is 9.13. The number of fused-ring (bicyclic) bond motifs is 1. The summed E-state index contributed by atoms with van der Waals surface area (Å²) in [6.07, 6.45) is 0. The predicted octanol–water partition coefficient (Wildman–Crippen LogP) is -0.466. The standard InChI is InChI=1S/C10H12N4O3/c11-1-2-13-3-4-14-8(13)5-7(6-9(14)15)10(16)12-17/h5-6H,1-4,11H2. The second-order valence-corrected chi connectivity index (χ2v) is 3.76. The normalized spacial score (nSPS) is 13.6. The first-order chi connectivity index (χ1) is 8.17. The van der Waals surface area contributed by atoms with E-state index in [9.17, 15) is 14.5 Å². The lowest BCUT2D eigenvalue weighted by Crippen LogP contribution is -2.28. The highest BCUT2D eigenvalue weighted by Crippen LogP contribution is 2.19. The third kappa shape index (κ3) is 1.96. The maximum atomic E-state index is 11.7. The van der Waals surface area contributed by atoms with Crippen LogP contribution < -0.4 is 16.2 Å². The highest BCUT2D eigenvalue weighted by Gasteiger charge is 2.21. The second kappa shape index (κ2) is 4.46. The molecule has 0 unspecified atom stereocenters. The number of hydrogen-bond donors (Lipinski definition) is 1. The molecule has 0 radical (unpaired) electrons. The van der Waals surface area contributed by atoms with Gasteiger partial charge >= 0.3 is 5.91 Å². The molecule has 2 N–H and O–H groups in total. The Morgan fingerprint density at radius 1 is 1.41 bits per heavy atom. The van der Waals surface area contributed by atoms with E-state index in [1.54, 1.807) is 4.57 Å². The molecule has 7 heteroatoms. The fourth-order valence-electron chi connectivity index (χ4n) is 1.96. The Morgan fingerprint density at radius 2 is 2.18 bits per heavy atom. The summed E-state index contributed by atoms with van der Waals surface area (Å²) in [6.45, 7) is 2.31. The molecule has 0 saturated carbocycles. The van der Waals surface area contributed by atoms with Gasteiger partial charge in [0.15, 0.2) is 0 Å². The molecule has 0 fully saturated rings. The first kappa shape index (κ1) is 11.5. The van der Waals surface area contributed by atoms with Crippen molar-refractivity contribution in [2.24, 2.45) is 10.9 Å². The number of anilines is 1. The van der Waals surface area contributed by atoms with E-state index in [2.05, 4.69) is 5.18 Å². The van der Waals surface area contributed by atoms with Gasteiger partial charge in [-0.05, 0) is 6.07 Å². The van der Waals surface area contributed by atoms with Gasteiger partial charge in [0.1, 0.15) is 5.82 Å². The first-order valence-corrected chi connectivity index (χ1v) is 5.25. The van der Waals surface area contributed by atoms with Gasteiger partial charge in [-0.2, -0.15) is 0 Å². The summed E-state index contributed by atoms with van der Waals surface area (Å²) in [7, 11) is 0. The number of nitrogens with two attached hydrogens (primary N) is 1. The molecule has 1 aliphatic rings. The van der Waals surface area contributed by atoms with Gasteiger partial charge in [0, 0.05) is 37.4 Å². The molecular formula is C10H12N4O3. The largest absolute Gasteiger partial charge is 0.355 e. The Labute approximate surface area is 96.8 Å². The van der Waals surface area contributed by atoms with Gasteiger partial charge in [0.2, 0.25) is 0 Å². The van der Waals surface area contributed by atoms with E-state index in [-0.39, 0.29) is 11.1 Å². The van der Waals surface area contributed by atoms with E-state index >= 15 is 0 Å². The third-order valence-corrected chi connectivity index (χ3v) is 2.75. The molecule has 2 rings (SSSR count). The lowest BCUT2D eigenvalue weighted by molar-refractivity contribution is 0.100. The van der Waals surface area contributed by atoms with E-state index in [4.69, 9.17) is 5.73 Å². The number of nitroso groups, excluding NO2 is 1. The minimum atomic E-state index is -0.926. The van der Waals surface area contributed by atoms with Crippen LogP contribution in [0.1, 0.15) is 10.4 Å². The van der Waals surface area contributed by atoms with Crippen LogP contribution in [0.25, 0.3) is 0 Å². The smallest absolute Gasteiger partial charge is 0.317 e. The topological polar surface area (TPSA) is 97.8 Å². The van der Waals surface area contributed by atoms with Gasteiger partial charge in [-0.15, -0.1) is 4.91 Å². The molecule has 17 heavy (non-hydrogen) atoms. The summed E-state index contributed by atoms with van der Waals surface area (Å²) in [4.78, 5) is 35.0. The van der Waals surface area contributed by atoms with Gasteiger partial charge in [-0.3, -0.25) is 14.2 Å². The lowest BCUT2D eigenvalue weighted by atomic mass is 10.2. The average molecular weight is 236 g/mol. The van der Waals surface area contributed by atoms with E-state index < -0.39 is 5.91 Å². The summed E-state index contributed by atoms with van der Waals surface area (Å²) in [5.74, 6) is -0.306. The number of hydrogen-bond acceptors (Lipinski definition) is 5. The van der Waals surface area contributed by atoms with Crippen LogP contribution in [0.3, 0.4) is 0 Å². The Bertz CT molecular complexity index is 523. The molecule has 2 heterocycles. The molecule has 0 spiro atoms. The van der Waals surface area contributed by atoms with E-state index in [0.29, 0.717) is 32.0 Å². The van der Waals surface area contributed by atoms with E-state index in [1.165, 1.54) is 6.07 Å². The summed E-state index contributed by atoms with van der Waals surface area (Å²) in [6, 6.07) is 2.65. The predicted molar refractivity (Wildman–Crippen MR) is 62.1 cm³/mol. The first-order valence-electron chi connectivity index (χ1n) is 5.25. The minimum Gasteiger partial charge on any atom is -0.355 e. The van der Waals surface area contributed by atoms with E-state index in [0.717, 1.165) is 6.07 Å². The summed E-state index contributed by atoms with van der Waals surface area (Å²) in [5, 5.41) is 2.32. The van der Waals surface area contributed by atoms with Gasteiger partial charge < -0.3 is 10.6 Å². The van der Waals surface area contributed by atoms with Crippen molar-refractivity contribution in [3.63, 3.8) is 0 Å². The zero-order valence-electron chi connectivity index (χ0n) is 9.13. The number of carbonyl (C=O) groups excluding carboxylic acids is 1. The van der Waals surface area contributed by atoms with E-state index in [1.807, 2.05) is 4.90 Å². The fourth-order valence-corrected chi connectivity index (χ4v) is 1.96. The van der Waals surface area contributed by atoms with Crippen LogP contribution in [0.2, 0.25) is 0 Å². The third-order valence-electron chi connectivity index (χ3n) is 2.75. The maximum Gasteiger partial charge on any atom is 0.317 e. The molecule has 1 amide bonds. The Morgan fingerprint density at radius 3 is 2.82 bits per heavy atom. The van der Waals surface area contributed by atoms with Crippen LogP contribution in [0.4, 0.5) is 5.82 Å². The lowest BCUT2D eigenvalue weighted by Gasteiger charge is -2.17. The molecule has 7 nitrogen and oxygen atoms in total. The molecule has 1 aliphatic heterocycles. The maximum absolute atomic E-state index is 11.7. The van der Waals surface area contributed by atoms with Crippen molar-refractivity contribution >= 4 is 11.7 Å². The van der Waals surface area contributed by atoms with Crippen LogP contribution in [0, 0.1) is 4.91 Å². The van der Waals surface area contributed by atoms with Crippen molar-refractivity contribution in [2.75, 3.05) is 24.5 Å². The van der Waals surface area contributed by atoms with Crippen LogP contribution in [0.5, 0.6) is 0 Å². The highest BCUT2D eigenvalue weighted by atomic mass is 16.3. The number of carbonyl (C=O) groups is 1. The van der Waals surface area contributed by atoms with Gasteiger partial charge in [0.05, 0.1) is 5.56 Å². The van der Waals surface area contributed by atoms with Gasteiger partial charge in [0.25, 0.3) is 5.56 Å². The molecule has 0 atom stereocenters. The van der Waals surface area contributed by atoms with Crippen LogP contribution in [-0.2, 0) is 6.54 Å². The minimum absolute atomic E-state index is 0.0279. The van der Waals surface area contributed by atoms with Crippen molar-refractivity contribution in [3.05, 3.63) is 33.0 Å². The number of rotatable bonds is 3. The average Bonchev–Trinajstić information content (AvgIpc) is 2.72. The molecule has 1 aromatic heterocycles. The van der Waals surface area contributed by atoms with Crippen LogP contribution >= 0.6 is 0 Å². The fraction of sp³-hybridized carbons (Fsp3) is 0.400. The van der Waals surface area contributed by atoms with Crippen molar-refractivity contribution in [1.29, 1.82) is 0 Å². The Kier molecular flexibility index (Phi) is 3.01. The van der Waals surface area contributed by atoms with Crippen molar-refractivity contribution in [3.8, 4) is 0 Å². The molecular weight excluding hydrogens is 224 g/mol. The van der Waals surface area contributed by atoms with Gasteiger partial charge in [-0.25, -0.2) is 0 Å². The molecule has 0 aromatic carbocycles. The Hall–Kier alpha value is -2.02. The quantitative estimate of drug-likeness (QED) is 0.716.